The summed E-state index contributed by atoms with van der Waals surface area (Å²) in [5, 5.41) is 5.72. The second kappa shape index (κ2) is 7.80. The molecular formula is C15H17BrINO2S. The average Bonchev–Trinajstić information content (AvgIpc) is 2.91. The van der Waals surface area contributed by atoms with Gasteiger partial charge in [0.25, 0.3) is 0 Å². The maximum atomic E-state index is 5.61. The highest BCUT2D eigenvalue weighted by molar-refractivity contribution is 14.1. The van der Waals surface area contributed by atoms with Gasteiger partial charge >= 0.3 is 0 Å². The monoisotopic (exact) mass is 481 g/mol. The van der Waals surface area contributed by atoms with Crippen LogP contribution in [-0.4, -0.2) is 20.8 Å². The van der Waals surface area contributed by atoms with E-state index in [9.17, 15) is 0 Å². The van der Waals surface area contributed by atoms with E-state index in [0.717, 1.165) is 28.1 Å². The Morgan fingerprint density at radius 1 is 1.33 bits per heavy atom. The Hall–Kier alpha value is -0.310. The van der Waals surface area contributed by atoms with Crippen LogP contribution in [0.15, 0.2) is 28.1 Å². The Bertz CT molecular complexity index is 618. The van der Waals surface area contributed by atoms with Crippen LogP contribution in [-0.2, 0) is 0 Å². The summed E-state index contributed by atoms with van der Waals surface area (Å²) in [7, 11) is 3.34. The van der Waals surface area contributed by atoms with Crippen molar-refractivity contribution in [3.05, 3.63) is 42.1 Å². The normalized spacial score (nSPS) is 12.2. The van der Waals surface area contributed by atoms with Crippen molar-refractivity contribution in [2.75, 3.05) is 20.8 Å². The lowest BCUT2D eigenvalue weighted by Crippen LogP contribution is -2.22. The van der Waals surface area contributed by atoms with E-state index in [1.807, 2.05) is 6.07 Å². The van der Waals surface area contributed by atoms with Crippen molar-refractivity contribution in [3.8, 4) is 11.5 Å². The van der Waals surface area contributed by atoms with Gasteiger partial charge in [0.2, 0.25) is 0 Å². The van der Waals surface area contributed by atoms with E-state index in [-0.39, 0.29) is 6.04 Å². The molecule has 0 aliphatic rings. The lowest BCUT2D eigenvalue weighted by atomic mass is 10.00. The number of methoxy groups -OCH3 is 2. The van der Waals surface area contributed by atoms with Crippen molar-refractivity contribution in [2.45, 2.75) is 13.0 Å². The van der Waals surface area contributed by atoms with Gasteiger partial charge < -0.3 is 14.8 Å². The molecular weight excluding hydrogens is 465 g/mol. The third-order valence-electron chi connectivity index (χ3n) is 3.16. The van der Waals surface area contributed by atoms with Crippen molar-refractivity contribution in [3.63, 3.8) is 0 Å². The number of halogens is 2. The molecule has 2 aromatic rings. The number of hydrogen-bond donors (Lipinski definition) is 1. The van der Waals surface area contributed by atoms with Gasteiger partial charge in [-0.05, 0) is 74.2 Å². The summed E-state index contributed by atoms with van der Waals surface area (Å²) in [6.07, 6.45) is 0. The van der Waals surface area contributed by atoms with Crippen LogP contribution in [0.2, 0.25) is 0 Å². The average molecular weight is 482 g/mol. The number of nitrogens with one attached hydrogen (secondary N) is 1. The number of hydrogen-bond acceptors (Lipinski definition) is 4. The maximum absolute atomic E-state index is 5.61. The largest absolute Gasteiger partial charge is 0.495 e. The quantitative estimate of drug-likeness (QED) is 0.599. The molecule has 0 aliphatic carbocycles. The summed E-state index contributed by atoms with van der Waals surface area (Å²) in [5.74, 6) is 1.58. The Balaban J connectivity index is 2.52. The molecule has 1 unspecified atom stereocenters. The van der Waals surface area contributed by atoms with Gasteiger partial charge in [-0.15, -0.1) is 11.3 Å². The molecule has 0 saturated carbocycles. The molecule has 0 aliphatic heterocycles. The zero-order chi connectivity index (χ0) is 15.4. The minimum absolute atomic E-state index is 0.104. The predicted octanol–water partition coefficient (Wildman–Crippen LogP) is 4.83. The number of rotatable bonds is 6. The van der Waals surface area contributed by atoms with Gasteiger partial charge in [0.1, 0.15) is 16.0 Å². The highest BCUT2D eigenvalue weighted by atomic mass is 127. The number of benzene rings is 1. The molecule has 0 radical (unpaired) electrons. The zero-order valence-corrected chi connectivity index (χ0v) is 16.6. The van der Waals surface area contributed by atoms with Crippen LogP contribution in [0.3, 0.4) is 0 Å². The first-order chi connectivity index (χ1) is 10.1. The smallest absolute Gasteiger partial charge is 0.141 e. The summed E-state index contributed by atoms with van der Waals surface area (Å²) < 4.78 is 13.1. The van der Waals surface area contributed by atoms with Crippen molar-refractivity contribution in [2.24, 2.45) is 0 Å². The van der Waals surface area contributed by atoms with E-state index in [1.54, 1.807) is 25.6 Å². The fraction of sp³-hybridized carbons (Fsp3) is 0.333. The molecule has 1 N–H and O–H groups in total. The Morgan fingerprint density at radius 2 is 2.10 bits per heavy atom. The first-order valence-electron chi connectivity index (χ1n) is 6.50. The second-order valence-corrected chi connectivity index (χ2v) is 7.98. The molecule has 0 spiro atoms. The third-order valence-corrected chi connectivity index (χ3v) is 5.71. The van der Waals surface area contributed by atoms with Crippen LogP contribution >= 0.6 is 49.9 Å². The van der Waals surface area contributed by atoms with E-state index in [1.165, 1.54) is 8.45 Å². The summed E-state index contributed by atoms with van der Waals surface area (Å²) in [4.78, 5) is 0. The third kappa shape index (κ3) is 3.72. The van der Waals surface area contributed by atoms with E-state index in [0.29, 0.717) is 0 Å². The standard InChI is InChI=1S/C15H17BrINO2S/c1-4-18-14(9-7-12(17)21-8-9)10-5-6-11(19-2)13(16)15(10)20-3/h5-8,14,18H,4H2,1-3H3. The van der Waals surface area contributed by atoms with Crippen molar-refractivity contribution < 1.29 is 9.47 Å². The van der Waals surface area contributed by atoms with E-state index >= 15 is 0 Å². The van der Waals surface area contributed by atoms with Gasteiger partial charge in [0, 0.05) is 5.56 Å². The molecule has 1 aromatic carbocycles. The van der Waals surface area contributed by atoms with Crippen LogP contribution in [0, 0.1) is 2.88 Å². The van der Waals surface area contributed by atoms with Crippen molar-refractivity contribution >= 4 is 49.9 Å². The zero-order valence-electron chi connectivity index (χ0n) is 12.1. The molecule has 3 nitrogen and oxygen atoms in total. The fourth-order valence-corrected chi connectivity index (χ4v) is 4.31. The van der Waals surface area contributed by atoms with Crippen LogP contribution in [0.1, 0.15) is 24.1 Å². The Kier molecular flexibility index (Phi) is 6.34. The molecule has 0 bridgehead atoms. The molecule has 1 heterocycles. The predicted molar refractivity (Wildman–Crippen MR) is 99.8 cm³/mol. The minimum atomic E-state index is 0.104. The molecule has 21 heavy (non-hydrogen) atoms. The van der Waals surface area contributed by atoms with Crippen molar-refractivity contribution in [1.29, 1.82) is 0 Å². The molecule has 0 amide bonds. The summed E-state index contributed by atoms with van der Waals surface area (Å²) in [6, 6.07) is 6.33. The lowest BCUT2D eigenvalue weighted by Gasteiger charge is -2.21. The maximum Gasteiger partial charge on any atom is 0.141 e. The lowest BCUT2D eigenvalue weighted by molar-refractivity contribution is 0.383. The first-order valence-corrected chi connectivity index (χ1v) is 9.25. The Labute approximate surface area is 151 Å². The fourth-order valence-electron chi connectivity index (χ4n) is 2.23. The van der Waals surface area contributed by atoms with Gasteiger partial charge in [-0.1, -0.05) is 6.92 Å². The van der Waals surface area contributed by atoms with Gasteiger partial charge in [0.15, 0.2) is 0 Å². The molecule has 0 saturated heterocycles. The molecule has 1 atom stereocenters. The minimum Gasteiger partial charge on any atom is -0.495 e. The van der Waals surface area contributed by atoms with Crippen LogP contribution < -0.4 is 14.8 Å². The van der Waals surface area contributed by atoms with Crippen molar-refractivity contribution in [1.82, 2.24) is 5.32 Å². The van der Waals surface area contributed by atoms with E-state index in [2.05, 4.69) is 68.3 Å². The topological polar surface area (TPSA) is 30.5 Å². The van der Waals surface area contributed by atoms with Crippen LogP contribution in [0.5, 0.6) is 11.5 Å². The number of ether oxygens (including phenoxy) is 2. The van der Waals surface area contributed by atoms with E-state index < -0.39 is 0 Å². The van der Waals surface area contributed by atoms with Gasteiger partial charge in [-0.3, -0.25) is 0 Å². The first kappa shape index (κ1) is 17.1. The van der Waals surface area contributed by atoms with Gasteiger partial charge in [-0.2, -0.15) is 0 Å². The Morgan fingerprint density at radius 3 is 2.62 bits per heavy atom. The highest BCUT2D eigenvalue weighted by Crippen LogP contribution is 2.41. The van der Waals surface area contributed by atoms with E-state index in [4.69, 9.17) is 9.47 Å². The highest BCUT2D eigenvalue weighted by Gasteiger charge is 2.22. The van der Waals surface area contributed by atoms with Gasteiger partial charge in [0.05, 0.1) is 23.1 Å². The second-order valence-electron chi connectivity index (χ2n) is 4.38. The molecule has 114 valence electrons. The van der Waals surface area contributed by atoms with Crippen LogP contribution in [0.4, 0.5) is 0 Å². The number of thiophene rings is 1. The SMILES string of the molecule is CCNC(c1csc(I)c1)c1ccc(OC)c(Br)c1OC. The van der Waals surface area contributed by atoms with Gasteiger partial charge in [-0.25, -0.2) is 0 Å². The molecule has 2 rings (SSSR count). The summed E-state index contributed by atoms with van der Waals surface area (Å²) in [5.41, 5.74) is 2.35. The molecule has 6 heteroatoms. The van der Waals surface area contributed by atoms with Crippen LogP contribution in [0.25, 0.3) is 0 Å². The summed E-state index contributed by atoms with van der Waals surface area (Å²) in [6.45, 7) is 2.99. The molecule has 1 aromatic heterocycles. The molecule has 0 fully saturated rings. The summed E-state index contributed by atoms with van der Waals surface area (Å²) >= 11 is 7.67.